The Morgan fingerprint density at radius 2 is 1.08 bits per heavy atom. The lowest BCUT2D eigenvalue weighted by atomic mass is 9.80. The van der Waals surface area contributed by atoms with Crippen LogP contribution in [-0.4, -0.2) is 17.0 Å². The number of esters is 1. The molecule has 0 heterocycles. The van der Waals surface area contributed by atoms with Gasteiger partial charge in [0.1, 0.15) is 0 Å². The van der Waals surface area contributed by atoms with Gasteiger partial charge in [-0.15, -0.1) is 0 Å². The van der Waals surface area contributed by atoms with E-state index in [-0.39, 0.29) is 5.92 Å². The molecule has 0 saturated heterocycles. The van der Waals surface area contributed by atoms with E-state index < -0.39 is 17.5 Å². The van der Waals surface area contributed by atoms with Gasteiger partial charge in [-0.1, -0.05) is 130 Å². The van der Waals surface area contributed by atoms with Gasteiger partial charge in [0.05, 0.1) is 5.56 Å². The standard InChI is InChI=1S/C23H20O2.C10H12O2/c1-18(2)22(24)25-23(19-12-6-3-7-13-19,20-14-8-4-9-15-20)21-16-10-5-11-17-21;1-7(2)8-5-3-4-6-9(8)10(11)12/h3-17H,1H2,2H3;3-7H,1-2H3,(H,11,12). The minimum Gasteiger partial charge on any atom is -0.478 e. The van der Waals surface area contributed by atoms with Gasteiger partial charge in [0, 0.05) is 22.3 Å². The number of aromatic carboxylic acids is 1. The summed E-state index contributed by atoms with van der Waals surface area (Å²) >= 11 is 0. The predicted molar refractivity (Wildman–Crippen MR) is 148 cm³/mol. The van der Waals surface area contributed by atoms with Crippen molar-refractivity contribution >= 4 is 11.9 Å². The molecule has 0 fully saturated rings. The van der Waals surface area contributed by atoms with E-state index in [9.17, 15) is 9.59 Å². The number of carbonyl (C=O) groups is 2. The molecular formula is C33H32O4. The van der Waals surface area contributed by atoms with Crippen LogP contribution in [0.3, 0.4) is 0 Å². The van der Waals surface area contributed by atoms with Crippen molar-refractivity contribution in [1.82, 2.24) is 0 Å². The minimum atomic E-state index is -1.03. The van der Waals surface area contributed by atoms with Gasteiger partial charge >= 0.3 is 11.9 Å². The Kier molecular flexibility index (Phi) is 9.17. The third-order valence-electron chi connectivity index (χ3n) is 5.95. The van der Waals surface area contributed by atoms with Gasteiger partial charge < -0.3 is 9.84 Å². The molecule has 4 nitrogen and oxygen atoms in total. The molecule has 0 aliphatic rings. The highest BCUT2D eigenvalue weighted by atomic mass is 16.6. The monoisotopic (exact) mass is 492 g/mol. The summed E-state index contributed by atoms with van der Waals surface area (Å²) in [5.74, 6) is -1.01. The van der Waals surface area contributed by atoms with Crippen molar-refractivity contribution in [2.45, 2.75) is 32.3 Å². The first-order chi connectivity index (χ1) is 17.8. The van der Waals surface area contributed by atoms with Crippen LogP contribution >= 0.6 is 0 Å². The van der Waals surface area contributed by atoms with E-state index in [1.165, 1.54) is 0 Å². The third-order valence-corrected chi connectivity index (χ3v) is 5.95. The van der Waals surface area contributed by atoms with Crippen molar-refractivity contribution in [1.29, 1.82) is 0 Å². The lowest BCUT2D eigenvalue weighted by Gasteiger charge is -2.35. The fourth-order valence-corrected chi connectivity index (χ4v) is 4.12. The van der Waals surface area contributed by atoms with Crippen molar-refractivity contribution in [2.24, 2.45) is 0 Å². The summed E-state index contributed by atoms with van der Waals surface area (Å²) in [6.07, 6.45) is 0. The molecule has 0 saturated carbocycles. The number of rotatable bonds is 7. The van der Waals surface area contributed by atoms with Crippen molar-refractivity contribution in [3.05, 3.63) is 155 Å². The van der Waals surface area contributed by atoms with E-state index in [2.05, 4.69) is 6.58 Å². The van der Waals surface area contributed by atoms with Gasteiger partial charge in [-0.05, 0) is 24.5 Å². The van der Waals surface area contributed by atoms with Crippen LogP contribution in [-0.2, 0) is 15.1 Å². The topological polar surface area (TPSA) is 63.6 Å². The van der Waals surface area contributed by atoms with Gasteiger partial charge in [0.25, 0.3) is 0 Å². The molecule has 0 bridgehead atoms. The van der Waals surface area contributed by atoms with Gasteiger partial charge in [-0.3, -0.25) is 0 Å². The molecule has 0 unspecified atom stereocenters. The average Bonchev–Trinajstić information content (AvgIpc) is 2.93. The smallest absolute Gasteiger partial charge is 0.335 e. The molecule has 4 heteroatoms. The summed E-state index contributed by atoms with van der Waals surface area (Å²) in [5, 5.41) is 8.81. The highest BCUT2D eigenvalue weighted by Gasteiger charge is 2.40. The molecule has 0 radical (unpaired) electrons. The second-order valence-electron chi connectivity index (χ2n) is 9.00. The summed E-state index contributed by atoms with van der Waals surface area (Å²) in [4.78, 5) is 23.3. The summed E-state index contributed by atoms with van der Waals surface area (Å²) in [6, 6.07) is 36.5. The van der Waals surface area contributed by atoms with Gasteiger partial charge in [-0.25, -0.2) is 9.59 Å². The molecule has 0 atom stereocenters. The Hall–Kier alpha value is -4.44. The van der Waals surface area contributed by atoms with Crippen molar-refractivity contribution < 1.29 is 19.4 Å². The normalized spacial score (nSPS) is 10.7. The number of hydrogen-bond acceptors (Lipinski definition) is 3. The van der Waals surface area contributed by atoms with E-state index in [0.717, 1.165) is 22.3 Å². The third kappa shape index (κ3) is 6.42. The predicted octanol–water partition coefficient (Wildman–Crippen LogP) is 7.61. The van der Waals surface area contributed by atoms with Crippen LogP contribution in [0.15, 0.2) is 127 Å². The van der Waals surface area contributed by atoms with E-state index in [4.69, 9.17) is 9.84 Å². The maximum atomic E-state index is 12.6. The first-order valence-electron chi connectivity index (χ1n) is 12.1. The van der Waals surface area contributed by atoms with Crippen LogP contribution in [0.5, 0.6) is 0 Å². The summed E-state index contributed by atoms with van der Waals surface area (Å²) in [5.41, 5.74) is 3.32. The van der Waals surface area contributed by atoms with Crippen molar-refractivity contribution in [3.63, 3.8) is 0 Å². The molecule has 0 amide bonds. The highest BCUT2D eigenvalue weighted by Crippen LogP contribution is 2.40. The number of hydrogen-bond donors (Lipinski definition) is 1. The molecule has 0 spiro atoms. The number of carboxylic acids is 1. The second kappa shape index (κ2) is 12.5. The molecule has 4 aromatic rings. The van der Waals surface area contributed by atoms with Crippen LogP contribution < -0.4 is 0 Å². The molecule has 0 aliphatic carbocycles. The molecule has 4 rings (SSSR count). The van der Waals surface area contributed by atoms with Crippen molar-refractivity contribution in [2.75, 3.05) is 0 Å². The number of carbonyl (C=O) groups excluding carboxylic acids is 1. The zero-order chi connectivity index (χ0) is 26.8. The Bertz CT molecular complexity index is 1230. The Morgan fingerprint density at radius 1 is 0.703 bits per heavy atom. The maximum absolute atomic E-state index is 12.6. The fourth-order valence-electron chi connectivity index (χ4n) is 4.12. The Morgan fingerprint density at radius 3 is 1.41 bits per heavy atom. The number of benzene rings is 4. The van der Waals surface area contributed by atoms with Crippen LogP contribution in [0.1, 0.15) is 59.3 Å². The summed E-state index contributed by atoms with van der Waals surface area (Å²) in [7, 11) is 0. The molecule has 188 valence electrons. The zero-order valence-electron chi connectivity index (χ0n) is 21.4. The van der Waals surface area contributed by atoms with Crippen LogP contribution in [0.2, 0.25) is 0 Å². The average molecular weight is 493 g/mol. The van der Waals surface area contributed by atoms with Gasteiger partial charge in [0.15, 0.2) is 5.60 Å². The number of ether oxygens (including phenoxy) is 1. The molecule has 0 aliphatic heterocycles. The molecule has 0 aromatic heterocycles. The molecular weight excluding hydrogens is 460 g/mol. The van der Waals surface area contributed by atoms with Crippen LogP contribution in [0, 0.1) is 0 Å². The first-order valence-corrected chi connectivity index (χ1v) is 12.1. The summed E-state index contributed by atoms with van der Waals surface area (Å²) in [6.45, 7) is 9.38. The second-order valence-corrected chi connectivity index (χ2v) is 9.00. The quantitative estimate of drug-likeness (QED) is 0.164. The number of carboxylic acid groups (broad SMARTS) is 1. The van der Waals surface area contributed by atoms with E-state index in [1.54, 1.807) is 19.1 Å². The lowest BCUT2D eigenvalue weighted by molar-refractivity contribution is -0.148. The SMILES string of the molecule is C=C(C)C(=O)OC(c1ccccc1)(c1ccccc1)c1ccccc1.CC(C)c1ccccc1C(=O)O. The first kappa shape index (κ1) is 27.2. The van der Waals surface area contributed by atoms with Gasteiger partial charge in [-0.2, -0.15) is 0 Å². The van der Waals surface area contributed by atoms with Crippen LogP contribution in [0.4, 0.5) is 0 Å². The minimum absolute atomic E-state index is 0.261. The zero-order valence-corrected chi connectivity index (χ0v) is 21.4. The van der Waals surface area contributed by atoms with Gasteiger partial charge in [0.2, 0.25) is 0 Å². The maximum Gasteiger partial charge on any atom is 0.335 e. The van der Waals surface area contributed by atoms with Crippen molar-refractivity contribution in [3.8, 4) is 0 Å². The molecule has 4 aromatic carbocycles. The summed E-state index contributed by atoms with van der Waals surface area (Å²) < 4.78 is 6.12. The molecule has 37 heavy (non-hydrogen) atoms. The lowest BCUT2D eigenvalue weighted by Crippen LogP contribution is -2.35. The van der Waals surface area contributed by atoms with E-state index >= 15 is 0 Å². The fraction of sp³-hybridized carbons (Fsp3) is 0.152. The Labute approximate surface area is 218 Å². The van der Waals surface area contributed by atoms with Crippen LogP contribution in [0.25, 0.3) is 0 Å². The van der Waals surface area contributed by atoms with E-state index in [1.807, 2.05) is 117 Å². The largest absolute Gasteiger partial charge is 0.478 e. The Balaban J connectivity index is 0.000000266. The molecule has 1 N–H and O–H groups in total. The highest BCUT2D eigenvalue weighted by molar-refractivity contribution is 5.89. The van der Waals surface area contributed by atoms with E-state index in [0.29, 0.717) is 11.1 Å².